The van der Waals surface area contributed by atoms with Crippen LogP contribution in [0.4, 0.5) is 0 Å². The van der Waals surface area contributed by atoms with Gasteiger partial charge in [0, 0.05) is 45.6 Å². The fraction of sp³-hybridized carbons (Fsp3) is 0.423. The highest BCUT2D eigenvalue weighted by atomic mass is 16.5. The molecule has 0 unspecified atom stereocenters. The monoisotopic (exact) mass is 447 g/mol. The Morgan fingerprint density at radius 1 is 1.00 bits per heavy atom. The second kappa shape index (κ2) is 10.6. The van der Waals surface area contributed by atoms with E-state index in [1.165, 1.54) is 22.3 Å². The lowest BCUT2D eigenvalue weighted by molar-refractivity contribution is -0.123. The highest BCUT2D eigenvalue weighted by molar-refractivity contribution is 5.77. The summed E-state index contributed by atoms with van der Waals surface area (Å²) in [6, 6.07) is 14.0. The molecule has 0 radical (unpaired) electrons. The maximum atomic E-state index is 12.1. The van der Waals surface area contributed by atoms with Gasteiger partial charge in [0.25, 0.3) is 5.91 Å². The molecule has 7 nitrogen and oxygen atoms in total. The van der Waals surface area contributed by atoms with Crippen molar-refractivity contribution in [1.29, 1.82) is 0 Å². The molecule has 0 aliphatic carbocycles. The average Bonchev–Trinajstić information content (AvgIpc) is 3.08. The molecule has 0 saturated carbocycles. The van der Waals surface area contributed by atoms with Crippen LogP contribution in [0.5, 0.6) is 5.75 Å². The second-order valence-electron chi connectivity index (χ2n) is 8.77. The van der Waals surface area contributed by atoms with Crippen LogP contribution in [-0.2, 0) is 30.7 Å². The number of amides is 1. The number of nitrogens with zero attached hydrogens (tertiary/aromatic N) is 4. The number of para-hydroxylation sites is 1. The molecular formula is C26H33N5O2. The van der Waals surface area contributed by atoms with E-state index in [2.05, 4.69) is 57.9 Å². The molecule has 2 aromatic carbocycles. The lowest BCUT2D eigenvalue weighted by Crippen LogP contribution is -2.31. The van der Waals surface area contributed by atoms with Crippen molar-refractivity contribution < 1.29 is 9.53 Å². The van der Waals surface area contributed by atoms with Crippen LogP contribution in [0, 0.1) is 20.8 Å². The van der Waals surface area contributed by atoms with Crippen molar-refractivity contribution in [3.8, 4) is 5.75 Å². The van der Waals surface area contributed by atoms with Crippen LogP contribution in [0.15, 0.2) is 42.5 Å². The Morgan fingerprint density at radius 2 is 1.79 bits per heavy atom. The van der Waals surface area contributed by atoms with Crippen LogP contribution in [-0.4, -0.2) is 51.8 Å². The Hall–Kier alpha value is -3.19. The topological polar surface area (TPSA) is 72.3 Å². The largest absolute Gasteiger partial charge is 0.484 e. The molecule has 0 saturated heterocycles. The van der Waals surface area contributed by atoms with Crippen LogP contribution in [0.25, 0.3) is 0 Å². The van der Waals surface area contributed by atoms with Gasteiger partial charge in [-0.05, 0) is 55.2 Å². The first-order chi connectivity index (χ1) is 16.0. The third-order valence-electron chi connectivity index (χ3n) is 6.33. The van der Waals surface area contributed by atoms with Crippen LogP contribution < -0.4 is 10.1 Å². The molecule has 7 heteroatoms. The van der Waals surface area contributed by atoms with Gasteiger partial charge in [-0.25, -0.2) is 0 Å². The van der Waals surface area contributed by atoms with Gasteiger partial charge in [0.15, 0.2) is 6.61 Å². The van der Waals surface area contributed by atoms with Gasteiger partial charge in [-0.3, -0.25) is 9.69 Å². The molecule has 3 aromatic rings. The van der Waals surface area contributed by atoms with Gasteiger partial charge in [-0.15, -0.1) is 10.2 Å². The molecule has 174 valence electrons. The number of nitrogens with one attached hydrogen (secondary N) is 1. The highest BCUT2D eigenvalue weighted by Crippen LogP contribution is 2.19. The molecule has 1 N–H and O–H groups in total. The van der Waals surface area contributed by atoms with E-state index in [-0.39, 0.29) is 12.5 Å². The summed E-state index contributed by atoms with van der Waals surface area (Å²) in [5.41, 5.74) is 5.45. The number of benzene rings is 2. The van der Waals surface area contributed by atoms with Crippen LogP contribution in [0.1, 0.15) is 33.9 Å². The number of rotatable bonds is 8. The summed E-state index contributed by atoms with van der Waals surface area (Å²) < 4.78 is 7.72. The van der Waals surface area contributed by atoms with Gasteiger partial charge in [-0.1, -0.05) is 30.3 Å². The average molecular weight is 448 g/mol. The minimum atomic E-state index is -0.135. The summed E-state index contributed by atoms with van der Waals surface area (Å²) in [6.07, 6.45) is 1.54. The van der Waals surface area contributed by atoms with E-state index < -0.39 is 0 Å². The summed E-state index contributed by atoms with van der Waals surface area (Å²) in [5, 5.41) is 11.7. The first kappa shape index (κ1) is 23.0. The molecule has 1 aliphatic rings. The van der Waals surface area contributed by atoms with Gasteiger partial charge in [0.2, 0.25) is 0 Å². The summed E-state index contributed by atoms with van der Waals surface area (Å²) in [4.78, 5) is 14.6. The summed E-state index contributed by atoms with van der Waals surface area (Å²) in [7, 11) is 0. The zero-order chi connectivity index (χ0) is 23.2. The van der Waals surface area contributed by atoms with Crippen molar-refractivity contribution >= 4 is 5.91 Å². The van der Waals surface area contributed by atoms with Gasteiger partial charge in [0.1, 0.15) is 17.4 Å². The Labute approximate surface area is 195 Å². The van der Waals surface area contributed by atoms with Crippen molar-refractivity contribution in [3.05, 3.63) is 76.4 Å². The first-order valence-corrected chi connectivity index (χ1v) is 11.6. The minimum absolute atomic E-state index is 0.00875. The molecule has 0 spiro atoms. The maximum Gasteiger partial charge on any atom is 0.257 e. The van der Waals surface area contributed by atoms with Crippen molar-refractivity contribution in [1.82, 2.24) is 25.0 Å². The Morgan fingerprint density at radius 3 is 2.61 bits per heavy atom. The third-order valence-corrected chi connectivity index (χ3v) is 6.33. The number of carbonyl (C=O) groups excluding carboxylic acids is 1. The van der Waals surface area contributed by atoms with Crippen molar-refractivity contribution in [2.75, 3.05) is 26.2 Å². The molecule has 1 aliphatic heterocycles. The van der Waals surface area contributed by atoms with Gasteiger partial charge >= 0.3 is 0 Å². The Bertz CT molecular complexity index is 1090. The second-order valence-corrected chi connectivity index (χ2v) is 8.77. The zero-order valence-electron chi connectivity index (χ0n) is 19.8. The normalized spacial score (nSPS) is 13.9. The molecule has 4 rings (SSSR count). The van der Waals surface area contributed by atoms with Crippen LogP contribution >= 0.6 is 0 Å². The predicted molar refractivity (Wildman–Crippen MR) is 128 cm³/mol. The molecule has 2 heterocycles. The summed E-state index contributed by atoms with van der Waals surface area (Å²) in [5.74, 6) is 2.52. The van der Waals surface area contributed by atoms with Crippen molar-refractivity contribution in [3.63, 3.8) is 0 Å². The molecule has 33 heavy (non-hydrogen) atoms. The van der Waals surface area contributed by atoms with E-state index in [1.807, 2.05) is 30.3 Å². The van der Waals surface area contributed by atoms with Gasteiger partial charge in [-0.2, -0.15) is 0 Å². The SMILES string of the molecule is Cc1cc(C)c(CN2CCc3nnc(CCNC(=O)COc4ccccc4)n3CC2)cc1C. The number of hydrogen-bond acceptors (Lipinski definition) is 5. The van der Waals surface area contributed by atoms with E-state index in [1.54, 1.807) is 0 Å². The third kappa shape index (κ3) is 5.99. The Balaban J connectivity index is 1.27. The minimum Gasteiger partial charge on any atom is -0.484 e. The van der Waals surface area contributed by atoms with Crippen LogP contribution in [0.3, 0.4) is 0 Å². The summed E-state index contributed by atoms with van der Waals surface area (Å²) >= 11 is 0. The molecular weight excluding hydrogens is 414 g/mol. The number of fused-ring (bicyclic) bond motifs is 1. The highest BCUT2D eigenvalue weighted by Gasteiger charge is 2.19. The smallest absolute Gasteiger partial charge is 0.257 e. The lowest BCUT2D eigenvalue weighted by atomic mass is 10.0. The van der Waals surface area contributed by atoms with Crippen LogP contribution in [0.2, 0.25) is 0 Å². The number of aryl methyl sites for hydroxylation is 3. The van der Waals surface area contributed by atoms with Crippen molar-refractivity contribution in [2.45, 2.75) is 46.7 Å². The maximum absolute atomic E-state index is 12.1. The zero-order valence-corrected chi connectivity index (χ0v) is 19.8. The molecule has 0 fully saturated rings. The summed E-state index contributed by atoms with van der Waals surface area (Å²) in [6.45, 7) is 10.8. The number of ether oxygens (including phenoxy) is 1. The van der Waals surface area contributed by atoms with E-state index >= 15 is 0 Å². The van der Waals surface area contributed by atoms with Gasteiger partial charge in [0.05, 0.1) is 0 Å². The fourth-order valence-corrected chi connectivity index (χ4v) is 4.23. The van der Waals surface area contributed by atoms with E-state index in [4.69, 9.17) is 4.74 Å². The first-order valence-electron chi connectivity index (χ1n) is 11.6. The van der Waals surface area contributed by atoms with E-state index in [0.29, 0.717) is 18.7 Å². The molecule has 1 amide bonds. The molecule has 0 atom stereocenters. The number of carbonyl (C=O) groups is 1. The Kier molecular flexibility index (Phi) is 7.40. The number of aromatic nitrogens is 3. The fourth-order valence-electron chi connectivity index (χ4n) is 4.23. The van der Waals surface area contributed by atoms with Crippen molar-refractivity contribution in [2.24, 2.45) is 0 Å². The molecule has 0 bridgehead atoms. The quantitative estimate of drug-likeness (QED) is 0.575. The predicted octanol–water partition coefficient (Wildman–Crippen LogP) is 3.00. The lowest BCUT2D eigenvalue weighted by Gasteiger charge is -2.21. The standard InChI is InChI=1S/C26H33N5O2/c1-19-15-21(3)22(16-20(19)2)17-30-12-10-25-29-28-24(31(25)14-13-30)9-11-27-26(32)18-33-23-7-5-4-6-8-23/h4-8,15-16H,9-14,17-18H2,1-3H3,(H,27,32). The van der Waals surface area contributed by atoms with E-state index in [9.17, 15) is 4.79 Å². The van der Waals surface area contributed by atoms with E-state index in [0.717, 1.165) is 44.2 Å². The molecule has 1 aromatic heterocycles. The van der Waals surface area contributed by atoms with Gasteiger partial charge < -0.3 is 14.6 Å². The number of hydrogen-bond donors (Lipinski definition) is 1.